The molecule has 0 amide bonds. The van der Waals surface area contributed by atoms with Crippen LogP contribution in [0.4, 0.5) is 0 Å². The molecule has 0 aliphatic carbocycles. The van der Waals surface area contributed by atoms with Crippen molar-refractivity contribution in [3.8, 4) is 6.07 Å². The van der Waals surface area contributed by atoms with E-state index < -0.39 is 0 Å². The van der Waals surface area contributed by atoms with Gasteiger partial charge in [0.05, 0.1) is 6.20 Å². The molecule has 3 nitrogen and oxygen atoms in total. The number of unbranched alkanes of at least 4 members (excludes halogenated alkanes) is 1. The van der Waals surface area contributed by atoms with E-state index in [0.29, 0.717) is 5.69 Å². The third-order valence-corrected chi connectivity index (χ3v) is 1.18. The molecule has 1 heterocycles. The van der Waals surface area contributed by atoms with Crippen molar-refractivity contribution in [1.29, 1.82) is 5.26 Å². The molecule has 0 bridgehead atoms. The number of nitrogens with zero attached hydrogens (tertiary/aromatic N) is 3. The number of hydrogen-bond acceptors (Lipinski definition) is 3. The van der Waals surface area contributed by atoms with Gasteiger partial charge in [-0.25, -0.2) is 4.98 Å². The zero-order valence-corrected chi connectivity index (χ0v) is 7.49. The predicted octanol–water partition coefficient (Wildman–Crippen LogP) is 2.15. The molecule has 1 aromatic rings. The van der Waals surface area contributed by atoms with Gasteiger partial charge < -0.3 is 0 Å². The molecule has 0 aromatic carbocycles. The fourth-order valence-corrected chi connectivity index (χ4v) is 0.357. The number of hydrogen-bond donors (Lipinski definition) is 0. The summed E-state index contributed by atoms with van der Waals surface area (Å²) >= 11 is 0. The first-order valence-electron chi connectivity index (χ1n) is 4.01. The molecule has 1 rings (SSSR count). The van der Waals surface area contributed by atoms with Crippen LogP contribution in [0.15, 0.2) is 18.6 Å². The number of nitriles is 1. The van der Waals surface area contributed by atoms with Crippen molar-refractivity contribution >= 4 is 0 Å². The van der Waals surface area contributed by atoms with Gasteiger partial charge >= 0.3 is 0 Å². The fraction of sp³-hybridized carbons (Fsp3) is 0.444. The lowest BCUT2D eigenvalue weighted by Gasteiger charge is -1.79. The van der Waals surface area contributed by atoms with Crippen molar-refractivity contribution in [2.75, 3.05) is 0 Å². The maximum Gasteiger partial charge on any atom is 0.158 e. The maximum atomic E-state index is 8.19. The molecule has 0 N–H and O–H groups in total. The van der Waals surface area contributed by atoms with Crippen molar-refractivity contribution in [1.82, 2.24) is 9.97 Å². The standard InChI is InChI=1S/C5H3N3.C4H10/c6-3-5-4-7-1-2-8-5;1-3-4-2/h1-2,4H;3-4H2,1-2H3. The van der Waals surface area contributed by atoms with E-state index in [4.69, 9.17) is 5.26 Å². The van der Waals surface area contributed by atoms with Gasteiger partial charge in [0.15, 0.2) is 5.69 Å². The molecule has 0 aliphatic heterocycles. The summed E-state index contributed by atoms with van der Waals surface area (Å²) in [7, 11) is 0. The van der Waals surface area contributed by atoms with Gasteiger partial charge in [-0.1, -0.05) is 26.7 Å². The largest absolute Gasteiger partial charge is 0.260 e. The van der Waals surface area contributed by atoms with Gasteiger partial charge in [-0.05, 0) is 0 Å². The SMILES string of the molecule is CCCC.N#Cc1cnccn1. The van der Waals surface area contributed by atoms with Crippen LogP contribution in [0, 0.1) is 11.3 Å². The van der Waals surface area contributed by atoms with Crippen molar-refractivity contribution in [2.45, 2.75) is 26.7 Å². The Morgan fingerprint density at radius 3 is 2.25 bits per heavy atom. The third kappa shape index (κ3) is 5.36. The summed E-state index contributed by atoms with van der Waals surface area (Å²) in [5.41, 5.74) is 0.354. The minimum absolute atomic E-state index is 0.354. The minimum Gasteiger partial charge on any atom is -0.260 e. The van der Waals surface area contributed by atoms with Gasteiger partial charge in [0.25, 0.3) is 0 Å². The summed E-state index contributed by atoms with van der Waals surface area (Å²) in [5.74, 6) is 0. The molecule has 0 aliphatic rings. The Morgan fingerprint density at radius 2 is 2.00 bits per heavy atom. The normalized spacial score (nSPS) is 7.75. The van der Waals surface area contributed by atoms with E-state index in [1.54, 1.807) is 0 Å². The second-order valence-corrected chi connectivity index (χ2v) is 2.20. The molecular formula is C9H13N3. The topological polar surface area (TPSA) is 49.6 Å². The Kier molecular flexibility index (Phi) is 6.76. The van der Waals surface area contributed by atoms with E-state index in [1.165, 1.54) is 31.4 Å². The summed E-state index contributed by atoms with van der Waals surface area (Å²) in [4.78, 5) is 7.34. The highest BCUT2D eigenvalue weighted by Gasteiger charge is 1.82. The molecule has 64 valence electrons. The van der Waals surface area contributed by atoms with Crippen LogP contribution in [0.2, 0.25) is 0 Å². The molecule has 0 saturated heterocycles. The summed E-state index contributed by atoms with van der Waals surface area (Å²) < 4.78 is 0. The Balaban J connectivity index is 0.000000261. The first-order chi connectivity index (χ1) is 5.85. The smallest absolute Gasteiger partial charge is 0.158 e. The van der Waals surface area contributed by atoms with Gasteiger partial charge in [0, 0.05) is 12.4 Å². The second kappa shape index (κ2) is 7.67. The van der Waals surface area contributed by atoms with Gasteiger partial charge in [-0.2, -0.15) is 5.26 Å². The molecule has 0 fully saturated rings. The van der Waals surface area contributed by atoms with Crippen molar-refractivity contribution in [3.63, 3.8) is 0 Å². The summed E-state index contributed by atoms with van der Waals surface area (Å²) in [5, 5.41) is 8.19. The van der Waals surface area contributed by atoms with Gasteiger partial charge in [0.1, 0.15) is 6.07 Å². The third-order valence-electron chi connectivity index (χ3n) is 1.18. The van der Waals surface area contributed by atoms with E-state index in [-0.39, 0.29) is 0 Å². The van der Waals surface area contributed by atoms with Gasteiger partial charge in [-0.3, -0.25) is 4.98 Å². The lowest BCUT2D eigenvalue weighted by molar-refractivity contribution is 0.886. The van der Waals surface area contributed by atoms with E-state index in [2.05, 4.69) is 23.8 Å². The van der Waals surface area contributed by atoms with E-state index in [9.17, 15) is 0 Å². The second-order valence-electron chi connectivity index (χ2n) is 2.20. The number of rotatable bonds is 1. The lowest BCUT2D eigenvalue weighted by Crippen LogP contribution is -1.79. The zero-order valence-electron chi connectivity index (χ0n) is 7.49. The van der Waals surface area contributed by atoms with Crippen LogP contribution in [0.5, 0.6) is 0 Å². The van der Waals surface area contributed by atoms with Crippen LogP contribution < -0.4 is 0 Å². The predicted molar refractivity (Wildman–Crippen MR) is 47.3 cm³/mol. The summed E-state index contributed by atoms with van der Waals surface area (Å²) in [6, 6.07) is 1.85. The van der Waals surface area contributed by atoms with Crippen LogP contribution in [0.1, 0.15) is 32.4 Å². The zero-order chi connectivity index (χ0) is 9.23. The van der Waals surface area contributed by atoms with Crippen molar-refractivity contribution < 1.29 is 0 Å². The van der Waals surface area contributed by atoms with Crippen LogP contribution in [-0.2, 0) is 0 Å². The average molecular weight is 163 g/mol. The van der Waals surface area contributed by atoms with E-state index >= 15 is 0 Å². The molecule has 0 spiro atoms. The maximum absolute atomic E-state index is 8.19. The highest BCUT2D eigenvalue weighted by molar-refractivity contribution is 5.13. The molecule has 0 saturated carbocycles. The highest BCUT2D eigenvalue weighted by atomic mass is 14.8. The molecule has 0 radical (unpaired) electrons. The Morgan fingerprint density at radius 1 is 1.33 bits per heavy atom. The van der Waals surface area contributed by atoms with Crippen LogP contribution in [-0.4, -0.2) is 9.97 Å². The monoisotopic (exact) mass is 163 g/mol. The quantitative estimate of drug-likeness (QED) is 0.637. The van der Waals surface area contributed by atoms with Crippen LogP contribution in [0.25, 0.3) is 0 Å². The molecule has 0 atom stereocenters. The summed E-state index contributed by atoms with van der Waals surface area (Å²) in [6.07, 6.45) is 7.07. The highest BCUT2D eigenvalue weighted by Crippen LogP contribution is 1.82. The summed E-state index contributed by atoms with van der Waals surface area (Å²) in [6.45, 7) is 4.36. The molecule has 3 heteroatoms. The van der Waals surface area contributed by atoms with E-state index in [1.807, 2.05) is 6.07 Å². The Labute approximate surface area is 73.1 Å². The Hall–Kier alpha value is -1.43. The Bertz CT molecular complexity index is 223. The minimum atomic E-state index is 0.354. The average Bonchev–Trinajstić information content (AvgIpc) is 2.19. The van der Waals surface area contributed by atoms with E-state index in [0.717, 1.165) is 0 Å². The fourth-order valence-electron chi connectivity index (χ4n) is 0.357. The van der Waals surface area contributed by atoms with Crippen LogP contribution in [0.3, 0.4) is 0 Å². The molecule has 12 heavy (non-hydrogen) atoms. The molecule has 1 aromatic heterocycles. The van der Waals surface area contributed by atoms with Gasteiger partial charge in [-0.15, -0.1) is 0 Å². The number of aromatic nitrogens is 2. The lowest BCUT2D eigenvalue weighted by atomic mass is 10.4. The first-order valence-corrected chi connectivity index (χ1v) is 4.01. The van der Waals surface area contributed by atoms with Gasteiger partial charge in [0.2, 0.25) is 0 Å². The van der Waals surface area contributed by atoms with Crippen LogP contribution >= 0.6 is 0 Å². The first kappa shape index (κ1) is 10.6. The van der Waals surface area contributed by atoms with Crippen molar-refractivity contribution in [2.24, 2.45) is 0 Å². The van der Waals surface area contributed by atoms with Crippen molar-refractivity contribution in [3.05, 3.63) is 24.3 Å². The molecular weight excluding hydrogens is 150 g/mol. The molecule has 0 unspecified atom stereocenters.